The Morgan fingerprint density at radius 2 is 1.86 bits per heavy atom. The highest BCUT2D eigenvalue weighted by Gasteiger charge is 2.33. The number of amides is 1. The molecule has 9 nitrogen and oxygen atoms in total. The van der Waals surface area contributed by atoms with Crippen LogP contribution < -0.4 is 0 Å². The topological polar surface area (TPSA) is 100 Å². The summed E-state index contributed by atoms with van der Waals surface area (Å²) >= 11 is 0. The van der Waals surface area contributed by atoms with Gasteiger partial charge in [0.1, 0.15) is 22.1 Å². The van der Waals surface area contributed by atoms with Gasteiger partial charge in [-0.2, -0.15) is 4.31 Å². The zero-order valence-corrected chi connectivity index (χ0v) is 17.5. The number of hydrogen-bond acceptors (Lipinski definition) is 7. The number of rotatable bonds is 6. The first-order valence-corrected chi connectivity index (χ1v) is 10.6. The van der Waals surface area contributed by atoms with E-state index in [9.17, 15) is 13.2 Å². The van der Waals surface area contributed by atoms with Gasteiger partial charge in [-0.25, -0.2) is 8.42 Å². The Kier molecular flexibility index (Phi) is 5.92. The first kappa shape index (κ1) is 20.6. The van der Waals surface area contributed by atoms with Gasteiger partial charge in [-0.1, -0.05) is 5.16 Å². The van der Waals surface area contributed by atoms with E-state index in [0.29, 0.717) is 44.2 Å². The number of carbonyl (C=O) groups excluding carboxylic acids is 1. The van der Waals surface area contributed by atoms with Gasteiger partial charge in [-0.05, 0) is 32.9 Å². The predicted octanol–water partition coefficient (Wildman–Crippen LogP) is 1.16. The van der Waals surface area contributed by atoms with Gasteiger partial charge >= 0.3 is 0 Å². The van der Waals surface area contributed by atoms with E-state index >= 15 is 0 Å². The molecule has 0 bridgehead atoms. The highest BCUT2D eigenvalue weighted by Crippen LogP contribution is 2.24. The number of likely N-dealkylation sites (N-methyl/N-ethyl adjacent to an activating group) is 1. The maximum atomic E-state index is 12.9. The van der Waals surface area contributed by atoms with Crippen molar-refractivity contribution in [2.45, 2.75) is 32.2 Å². The summed E-state index contributed by atoms with van der Waals surface area (Å²) in [6, 6.07) is 3.73. The summed E-state index contributed by atoms with van der Waals surface area (Å²) in [5, 5.41) is 3.74. The van der Waals surface area contributed by atoms with Crippen LogP contribution >= 0.6 is 0 Å². The number of piperazine rings is 1. The van der Waals surface area contributed by atoms with Gasteiger partial charge in [0.05, 0.1) is 13.1 Å². The average molecular weight is 410 g/mol. The summed E-state index contributed by atoms with van der Waals surface area (Å²) in [6.07, 6.45) is 0. The highest BCUT2D eigenvalue weighted by atomic mass is 32.2. The smallest absolute Gasteiger partial charge is 0.248 e. The zero-order chi connectivity index (χ0) is 20.5. The molecule has 0 radical (unpaired) electrons. The van der Waals surface area contributed by atoms with Crippen molar-refractivity contribution in [3.63, 3.8) is 0 Å². The number of nitrogens with zero attached hydrogens (tertiary/aromatic N) is 4. The SMILES string of the molecule is Cc1ccc(CN(C)C(=O)CN2CCN(S(=O)(=O)c3c(C)noc3C)CC2)o1. The quantitative estimate of drug-likeness (QED) is 0.704. The molecule has 1 aliphatic heterocycles. The maximum Gasteiger partial charge on any atom is 0.248 e. The van der Waals surface area contributed by atoms with Gasteiger partial charge in [-0.15, -0.1) is 0 Å². The third-order valence-corrected chi connectivity index (χ3v) is 7.01. The summed E-state index contributed by atoms with van der Waals surface area (Å²) in [4.78, 5) is 16.2. The van der Waals surface area contributed by atoms with E-state index in [-0.39, 0.29) is 17.3 Å². The third-order valence-electron chi connectivity index (χ3n) is 4.87. The van der Waals surface area contributed by atoms with Crippen molar-refractivity contribution in [3.05, 3.63) is 35.1 Å². The predicted molar refractivity (Wildman–Crippen MR) is 101 cm³/mol. The Hall–Kier alpha value is -2.17. The second-order valence-electron chi connectivity index (χ2n) is 7.10. The summed E-state index contributed by atoms with van der Waals surface area (Å²) in [6.45, 7) is 7.35. The van der Waals surface area contributed by atoms with Crippen molar-refractivity contribution in [3.8, 4) is 0 Å². The van der Waals surface area contributed by atoms with Gasteiger partial charge in [0.25, 0.3) is 0 Å². The highest BCUT2D eigenvalue weighted by molar-refractivity contribution is 7.89. The average Bonchev–Trinajstić information content (AvgIpc) is 3.20. The van der Waals surface area contributed by atoms with E-state index in [2.05, 4.69) is 5.16 Å². The van der Waals surface area contributed by atoms with Crippen LogP contribution in [0.5, 0.6) is 0 Å². The van der Waals surface area contributed by atoms with E-state index in [0.717, 1.165) is 11.5 Å². The Morgan fingerprint density at radius 3 is 2.39 bits per heavy atom. The van der Waals surface area contributed by atoms with Crippen LogP contribution in [0.25, 0.3) is 0 Å². The van der Waals surface area contributed by atoms with Crippen LogP contribution in [0.3, 0.4) is 0 Å². The van der Waals surface area contributed by atoms with E-state index in [1.165, 1.54) is 4.31 Å². The van der Waals surface area contributed by atoms with Gasteiger partial charge < -0.3 is 13.8 Å². The molecule has 2 aromatic heterocycles. The van der Waals surface area contributed by atoms with Crippen molar-refractivity contribution in [2.75, 3.05) is 39.8 Å². The first-order chi connectivity index (χ1) is 13.2. The number of hydrogen-bond donors (Lipinski definition) is 0. The van der Waals surface area contributed by atoms with Crippen LogP contribution in [-0.2, 0) is 21.4 Å². The monoisotopic (exact) mass is 410 g/mol. The molecule has 0 atom stereocenters. The van der Waals surface area contributed by atoms with E-state index in [4.69, 9.17) is 8.94 Å². The maximum absolute atomic E-state index is 12.9. The minimum absolute atomic E-state index is 0.0314. The van der Waals surface area contributed by atoms with Crippen molar-refractivity contribution >= 4 is 15.9 Å². The minimum Gasteiger partial charge on any atom is -0.464 e. The Labute approximate surface area is 164 Å². The van der Waals surface area contributed by atoms with Crippen molar-refractivity contribution in [1.29, 1.82) is 0 Å². The Morgan fingerprint density at radius 1 is 1.18 bits per heavy atom. The molecule has 0 saturated carbocycles. The third kappa shape index (κ3) is 4.29. The molecule has 1 amide bonds. The molecule has 1 aliphatic rings. The van der Waals surface area contributed by atoms with Crippen molar-refractivity contribution in [1.82, 2.24) is 19.3 Å². The molecule has 154 valence electrons. The Balaban J connectivity index is 1.54. The molecule has 28 heavy (non-hydrogen) atoms. The second kappa shape index (κ2) is 8.06. The molecule has 10 heteroatoms. The lowest BCUT2D eigenvalue weighted by Gasteiger charge is -2.34. The van der Waals surface area contributed by atoms with Gasteiger partial charge in [0.15, 0.2) is 5.76 Å². The number of sulfonamides is 1. The lowest BCUT2D eigenvalue weighted by molar-refractivity contribution is -0.132. The molecular formula is C18H26N4O5S. The van der Waals surface area contributed by atoms with Crippen molar-refractivity contribution in [2.24, 2.45) is 0 Å². The van der Waals surface area contributed by atoms with Gasteiger partial charge in [-0.3, -0.25) is 9.69 Å². The minimum atomic E-state index is -3.64. The van der Waals surface area contributed by atoms with Crippen LogP contribution in [0.15, 0.2) is 26.0 Å². The Bertz CT molecular complexity index is 922. The number of aryl methyl sites for hydroxylation is 3. The molecule has 0 N–H and O–H groups in total. The molecule has 1 saturated heterocycles. The molecule has 0 aromatic carbocycles. The molecule has 3 rings (SSSR count). The molecule has 1 fully saturated rings. The zero-order valence-electron chi connectivity index (χ0n) is 16.6. The lowest BCUT2D eigenvalue weighted by Crippen LogP contribution is -2.51. The molecule has 0 spiro atoms. The standard InChI is InChI=1S/C18H26N4O5S/c1-13-5-6-16(26-13)11-20(4)17(23)12-21-7-9-22(10-8-21)28(24,25)18-14(2)19-27-15(18)3/h5-6H,7-12H2,1-4H3. The molecular weight excluding hydrogens is 384 g/mol. The van der Waals surface area contributed by atoms with E-state index < -0.39 is 10.0 Å². The molecule has 3 heterocycles. The molecule has 2 aromatic rings. The van der Waals surface area contributed by atoms with Gasteiger partial charge in [0.2, 0.25) is 15.9 Å². The normalized spacial score (nSPS) is 16.4. The molecule has 0 aliphatic carbocycles. The van der Waals surface area contributed by atoms with E-state index in [1.54, 1.807) is 25.8 Å². The van der Waals surface area contributed by atoms with Crippen LogP contribution in [0.4, 0.5) is 0 Å². The fourth-order valence-corrected chi connectivity index (χ4v) is 5.02. The summed E-state index contributed by atoms with van der Waals surface area (Å²) in [7, 11) is -1.91. The fourth-order valence-electron chi connectivity index (χ4n) is 3.30. The fraction of sp³-hybridized carbons (Fsp3) is 0.556. The number of aromatic nitrogens is 1. The second-order valence-corrected chi connectivity index (χ2v) is 8.97. The largest absolute Gasteiger partial charge is 0.464 e. The van der Waals surface area contributed by atoms with Crippen LogP contribution in [0.1, 0.15) is 23.0 Å². The lowest BCUT2D eigenvalue weighted by atomic mass is 10.3. The summed E-state index contributed by atoms with van der Waals surface area (Å²) in [5.74, 6) is 1.82. The number of carbonyl (C=O) groups is 1. The van der Waals surface area contributed by atoms with Crippen LogP contribution in [-0.4, -0.2) is 73.4 Å². The van der Waals surface area contributed by atoms with E-state index in [1.807, 2.05) is 24.0 Å². The van der Waals surface area contributed by atoms with Crippen LogP contribution in [0, 0.1) is 20.8 Å². The number of furan rings is 1. The summed E-state index contributed by atoms with van der Waals surface area (Å²) < 4.78 is 37.6. The van der Waals surface area contributed by atoms with Gasteiger partial charge in [0, 0.05) is 33.2 Å². The summed E-state index contributed by atoms with van der Waals surface area (Å²) in [5.41, 5.74) is 0.366. The van der Waals surface area contributed by atoms with Crippen LogP contribution in [0.2, 0.25) is 0 Å². The first-order valence-electron chi connectivity index (χ1n) is 9.13. The molecule has 0 unspecified atom stereocenters. The van der Waals surface area contributed by atoms with Crippen molar-refractivity contribution < 1.29 is 22.2 Å².